The van der Waals surface area contributed by atoms with Gasteiger partial charge in [-0.15, -0.1) is 0 Å². The van der Waals surface area contributed by atoms with E-state index < -0.39 is 0 Å². The molecule has 0 aliphatic carbocycles. The number of benzene rings is 2. The molecule has 2 aromatic rings. The van der Waals surface area contributed by atoms with Gasteiger partial charge in [0.15, 0.2) is 0 Å². The summed E-state index contributed by atoms with van der Waals surface area (Å²) in [4.78, 5) is 27.9. The van der Waals surface area contributed by atoms with Gasteiger partial charge in [0.1, 0.15) is 0 Å². The van der Waals surface area contributed by atoms with Crippen LogP contribution in [0.4, 0.5) is 11.4 Å². The second-order valence-electron chi connectivity index (χ2n) is 5.83. The fourth-order valence-corrected chi connectivity index (χ4v) is 2.85. The third-order valence-corrected chi connectivity index (χ3v) is 4.22. The molecule has 1 heterocycles. The van der Waals surface area contributed by atoms with Crippen LogP contribution in [0.2, 0.25) is 0 Å². The van der Waals surface area contributed by atoms with Gasteiger partial charge < -0.3 is 15.1 Å². The molecule has 1 saturated heterocycles. The molecule has 1 fully saturated rings. The van der Waals surface area contributed by atoms with E-state index in [1.807, 2.05) is 59.5 Å². The minimum atomic E-state index is -0.00256. The van der Waals surface area contributed by atoms with Gasteiger partial charge in [0.25, 0.3) is 5.91 Å². The van der Waals surface area contributed by atoms with Crippen LogP contribution in [0.15, 0.2) is 54.6 Å². The first kappa shape index (κ1) is 16.1. The fourth-order valence-electron chi connectivity index (χ4n) is 2.85. The zero-order valence-corrected chi connectivity index (χ0v) is 13.7. The van der Waals surface area contributed by atoms with Crippen LogP contribution in [0.1, 0.15) is 17.3 Å². The van der Waals surface area contributed by atoms with E-state index in [1.165, 1.54) is 0 Å². The van der Waals surface area contributed by atoms with E-state index in [-0.39, 0.29) is 11.8 Å². The lowest BCUT2D eigenvalue weighted by Crippen LogP contribution is -2.50. The van der Waals surface area contributed by atoms with E-state index in [0.29, 0.717) is 31.7 Å². The van der Waals surface area contributed by atoms with Crippen LogP contribution in [-0.2, 0) is 4.79 Å². The quantitative estimate of drug-likeness (QED) is 0.945. The number of hydrogen-bond acceptors (Lipinski definition) is 3. The molecule has 0 spiro atoms. The van der Waals surface area contributed by atoms with Gasteiger partial charge in [-0.1, -0.05) is 30.3 Å². The molecule has 2 aromatic carbocycles. The summed E-state index contributed by atoms with van der Waals surface area (Å²) < 4.78 is 0. The molecule has 0 bridgehead atoms. The Morgan fingerprint density at radius 2 is 1.42 bits per heavy atom. The normalized spacial score (nSPS) is 14.4. The van der Waals surface area contributed by atoms with Crippen molar-refractivity contribution in [2.75, 3.05) is 31.5 Å². The lowest BCUT2D eigenvalue weighted by atomic mass is 10.1. The summed E-state index contributed by atoms with van der Waals surface area (Å²) in [6.07, 6.45) is 0. The van der Waals surface area contributed by atoms with Crippen molar-refractivity contribution in [3.05, 3.63) is 60.2 Å². The van der Waals surface area contributed by atoms with Crippen molar-refractivity contribution in [1.82, 2.24) is 9.80 Å². The van der Waals surface area contributed by atoms with Crippen molar-refractivity contribution < 1.29 is 9.59 Å². The zero-order valence-electron chi connectivity index (χ0n) is 13.7. The van der Waals surface area contributed by atoms with Crippen LogP contribution in [0.5, 0.6) is 0 Å². The molecule has 5 heteroatoms. The molecule has 0 atom stereocenters. The molecule has 0 unspecified atom stereocenters. The SMILES string of the molecule is CC(=O)N1CCN(C(=O)c2ccccc2Nc2ccccc2)CC1. The zero-order chi connectivity index (χ0) is 16.9. The summed E-state index contributed by atoms with van der Waals surface area (Å²) in [6.45, 7) is 3.89. The standard InChI is InChI=1S/C19H21N3O2/c1-15(23)21-11-13-22(14-12-21)19(24)17-9-5-6-10-18(17)20-16-7-3-2-4-8-16/h2-10,20H,11-14H2,1H3. The second kappa shape index (κ2) is 7.17. The van der Waals surface area contributed by atoms with Crippen LogP contribution >= 0.6 is 0 Å². The minimum Gasteiger partial charge on any atom is -0.355 e. The van der Waals surface area contributed by atoms with E-state index in [0.717, 1.165) is 11.4 Å². The molecular formula is C19H21N3O2. The molecule has 0 radical (unpaired) electrons. The second-order valence-corrected chi connectivity index (χ2v) is 5.83. The Balaban J connectivity index is 1.75. The van der Waals surface area contributed by atoms with Crippen molar-refractivity contribution in [3.8, 4) is 0 Å². The molecule has 3 rings (SSSR count). The van der Waals surface area contributed by atoms with Crippen molar-refractivity contribution >= 4 is 23.2 Å². The average Bonchev–Trinajstić information content (AvgIpc) is 2.62. The summed E-state index contributed by atoms with van der Waals surface area (Å²) in [5.74, 6) is 0.0606. The number of anilines is 2. The number of carbonyl (C=O) groups is 2. The smallest absolute Gasteiger partial charge is 0.256 e. The van der Waals surface area contributed by atoms with Crippen molar-refractivity contribution in [2.24, 2.45) is 0 Å². The lowest BCUT2D eigenvalue weighted by Gasteiger charge is -2.34. The number of nitrogens with one attached hydrogen (secondary N) is 1. The summed E-state index contributed by atoms with van der Waals surface area (Å²) in [5, 5.41) is 3.31. The van der Waals surface area contributed by atoms with Gasteiger partial charge in [-0.3, -0.25) is 9.59 Å². The monoisotopic (exact) mass is 323 g/mol. The van der Waals surface area contributed by atoms with Crippen molar-refractivity contribution in [3.63, 3.8) is 0 Å². The van der Waals surface area contributed by atoms with Crippen molar-refractivity contribution in [1.29, 1.82) is 0 Å². The number of hydrogen-bond donors (Lipinski definition) is 1. The highest BCUT2D eigenvalue weighted by molar-refractivity contribution is 6.00. The maximum Gasteiger partial charge on any atom is 0.256 e. The topological polar surface area (TPSA) is 52.7 Å². The lowest BCUT2D eigenvalue weighted by molar-refractivity contribution is -0.130. The van der Waals surface area contributed by atoms with E-state index in [4.69, 9.17) is 0 Å². The summed E-state index contributed by atoms with van der Waals surface area (Å²) in [6, 6.07) is 17.3. The van der Waals surface area contributed by atoms with Gasteiger partial charge in [-0.05, 0) is 24.3 Å². The highest BCUT2D eigenvalue weighted by Gasteiger charge is 2.24. The Morgan fingerprint density at radius 3 is 2.08 bits per heavy atom. The van der Waals surface area contributed by atoms with E-state index in [9.17, 15) is 9.59 Å². The summed E-state index contributed by atoms with van der Waals surface area (Å²) in [7, 11) is 0. The maximum atomic E-state index is 12.9. The number of piperazine rings is 1. The Hall–Kier alpha value is -2.82. The van der Waals surface area contributed by atoms with Gasteiger partial charge in [0.2, 0.25) is 5.91 Å². The van der Waals surface area contributed by atoms with E-state index in [2.05, 4.69) is 5.32 Å². The van der Waals surface area contributed by atoms with Crippen LogP contribution < -0.4 is 5.32 Å². The average molecular weight is 323 g/mol. The molecule has 1 aliphatic rings. The molecule has 1 N–H and O–H groups in total. The molecule has 0 aromatic heterocycles. The maximum absolute atomic E-state index is 12.9. The predicted octanol–water partition coefficient (Wildman–Crippen LogP) is 2.73. The van der Waals surface area contributed by atoms with Crippen LogP contribution in [0, 0.1) is 0 Å². The van der Waals surface area contributed by atoms with Crippen LogP contribution in [0.3, 0.4) is 0 Å². The number of amides is 2. The largest absolute Gasteiger partial charge is 0.355 e. The number of nitrogens with zero attached hydrogens (tertiary/aromatic N) is 2. The third-order valence-electron chi connectivity index (χ3n) is 4.22. The molecule has 5 nitrogen and oxygen atoms in total. The third kappa shape index (κ3) is 3.56. The fraction of sp³-hybridized carbons (Fsp3) is 0.263. The minimum absolute atomic E-state index is 0.00256. The first-order chi connectivity index (χ1) is 11.6. The first-order valence-electron chi connectivity index (χ1n) is 8.11. The predicted molar refractivity (Wildman–Crippen MR) is 94.3 cm³/mol. The number of para-hydroxylation sites is 2. The molecule has 1 aliphatic heterocycles. The van der Waals surface area contributed by atoms with Gasteiger partial charge in [0.05, 0.1) is 11.3 Å². The molecule has 0 saturated carbocycles. The van der Waals surface area contributed by atoms with Gasteiger partial charge in [-0.25, -0.2) is 0 Å². The summed E-state index contributed by atoms with van der Waals surface area (Å²) >= 11 is 0. The Bertz CT molecular complexity index is 722. The highest BCUT2D eigenvalue weighted by atomic mass is 16.2. The van der Waals surface area contributed by atoms with Gasteiger partial charge in [-0.2, -0.15) is 0 Å². The summed E-state index contributed by atoms with van der Waals surface area (Å²) in [5.41, 5.74) is 2.39. The first-order valence-corrected chi connectivity index (χ1v) is 8.11. The molecule has 2 amide bonds. The Morgan fingerprint density at radius 1 is 0.833 bits per heavy atom. The van der Waals surface area contributed by atoms with Crippen LogP contribution in [-0.4, -0.2) is 47.8 Å². The van der Waals surface area contributed by atoms with Crippen LogP contribution in [0.25, 0.3) is 0 Å². The number of carbonyl (C=O) groups excluding carboxylic acids is 2. The number of rotatable bonds is 3. The molecular weight excluding hydrogens is 302 g/mol. The molecule has 24 heavy (non-hydrogen) atoms. The van der Waals surface area contributed by atoms with Crippen molar-refractivity contribution in [2.45, 2.75) is 6.92 Å². The highest BCUT2D eigenvalue weighted by Crippen LogP contribution is 2.22. The van der Waals surface area contributed by atoms with E-state index >= 15 is 0 Å². The Labute approximate surface area is 141 Å². The Kier molecular flexibility index (Phi) is 4.79. The molecule has 124 valence electrons. The van der Waals surface area contributed by atoms with Gasteiger partial charge in [0, 0.05) is 38.8 Å². The van der Waals surface area contributed by atoms with Gasteiger partial charge >= 0.3 is 0 Å². The van der Waals surface area contributed by atoms with E-state index in [1.54, 1.807) is 11.8 Å².